The third-order valence-corrected chi connectivity index (χ3v) is 6.82. The Labute approximate surface area is 203 Å². The molecule has 34 heavy (non-hydrogen) atoms. The van der Waals surface area contributed by atoms with E-state index in [1.54, 1.807) is 6.92 Å². The summed E-state index contributed by atoms with van der Waals surface area (Å²) in [5, 5.41) is 32.2. The number of hydrogen-bond donors (Lipinski definition) is 3. The molecule has 0 spiro atoms. The maximum Gasteiger partial charge on any atom is 0.262 e. The predicted octanol–water partition coefficient (Wildman–Crippen LogP) is 1.22. The summed E-state index contributed by atoms with van der Waals surface area (Å²) in [6, 6.07) is 11.8. The van der Waals surface area contributed by atoms with Gasteiger partial charge in [0.1, 0.15) is 11.6 Å². The maximum atomic E-state index is 12.4. The first-order chi connectivity index (χ1) is 16.3. The number of nitrogens with zero attached hydrogens (tertiary/aromatic N) is 2. The Hall–Kier alpha value is -3.22. The Bertz CT molecular complexity index is 1240. The van der Waals surface area contributed by atoms with Gasteiger partial charge in [-0.25, -0.2) is 0 Å². The molecule has 2 heterocycles. The van der Waals surface area contributed by atoms with Gasteiger partial charge < -0.3 is 25.2 Å². The van der Waals surface area contributed by atoms with E-state index in [-0.39, 0.29) is 12.1 Å². The van der Waals surface area contributed by atoms with Crippen molar-refractivity contribution in [3.8, 4) is 16.5 Å². The highest BCUT2D eigenvalue weighted by atomic mass is 32.1. The lowest BCUT2D eigenvalue weighted by molar-refractivity contribution is -0.117. The van der Waals surface area contributed by atoms with Crippen LogP contribution in [0.3, 0.4) is 0 Å². The fourth-order valence-corrected chi connectivity index (χ4v) is 4.52. The standard InChI is InChI=1S/C26H29N3O4S/c1-17-12-21(5-4-20(17)13-18(2)29-8-10-33-11-9-29)25-7-6-24(34-25)19(3)23(14-27)26(32)28-15-22(31)16-30/h4-7,12-13,22,30-31H,1-2,8-11,15-16H2,3H3,(H,28,32)/b20-13-,23-19+. The van der Waals surface area contributed by atoms with Gasteiger partial charge in [-0.05, 0) is 52.8 Å². The molecule has 1 unspecified atom stereocenters. The molecule has 178 valence electrons. The molecule has 3 rings (SSSR count). The average molecular weight is 480 g/mol. The Morgan fingerprint density at radius 3 is 2.74 bits per heavy atom. The molecule has 1 atom stereocenters. The van der Waals surface area contributed by atoms with E-state index in [0.29, 0.717) is 18.8 Å². The topological polar surface area (TPSA) is 106 Å². The van der Waals surface area contributed by atoms with Crippen molar-refractivity contribution in [2.45, 2.75) is 13.0 Å². The average Bonchev–Trinajstić information content (AvgIpc) is 3.35. The van der Waals surface area contributed by atoms with Crippen LogP contribution in [0.15, 0.2) is 48.2 Å². The summed E-state index contributed by atoms with van der Waals surface area (Å²) in [5.41, 5.74) is 2.46. The molecule has 2 aromatic rings. The quantitative estimate of drug-likeness (QED) is 0.388. The number of hydrogen-bond acceptors (Lipinski definition) is 7. The van der Waals surface area contributed by atoms with Gasteiger partial charge in [-0.1, -0.05) is 25.3 Å². The van der Waals surface area contributed by atoms with Crippen LogP contribution in [0.5, 0.6) is 0 Å². The molecule has 3 N–H and O–H groups in total. The lowest BCUT2D eigenvalue weighted by Gasteiger charge is -2.29. The smallest absolute Gasteiger partial charge is 0.262 e. The zero-order chi connectivity index (χ0) is 24.7. The van der Waals surface area contributed by atoms with Crippen LogP contribution in [0, 0.1) is 11.3 Å². The zero-order valence-electron chi connectivity index (χ0n) is 19.2. The van der Waals surface area contributed by atoms with E-state index in [2.05, 4.69) is 23.4 Å². The lowest BCUT2D eigenvalue weighted by atomic mass is 10.1. The van der Waals surface area contributed by atoms with Crippen LogP contribution >= 0.6 is 11.3 Å². The van der Waals surface area contributed by atoms with E-state index in [4.69, 9.17) is 9.84 Å². The van der Waals surface area contributed by atoms with Crippen LogP contribution < -0.4 is 15.8 Å². The summed E-state index contributed by atoms with van der Waals surface area (Å²) < 4.78 is 5.40. The minimum Gasteiger partial charge on any atom is -0.394 e. The Kier molecular flexibility index (Phi) is 8.79. The van der Waals surface area contributed by atoms with Crippen molar-refractivity contribution in [2.24, 2.45) is 0 Å². The highest BCUT2D eigenvalue weighted by molar-refractivity contribution is 7.16. The molecule has 1 aromatic heterocycles. The van der Waals surface area contributed by atoms with Crippen LogP contribution in [-0.2, 0) is 9.53 Å². The van der Waals surface area contributed by atoms with E-state index in [1.807, 2.05) is 42.5 Å². The number of rotatable bonds is 8. The lowest BCUT2D eigenvalue weighted by Crippen LogP contribution is -2.35. The van der Waals surface area contributed by atoms with E-state index < -0.39 is 18.6 Å². The Morgan fingerprint density at radius 1 is 1.35 bits per heavy atom. The van der Waals surface area contributed by atoms with Crippen molar-refractivity contribution in [3.05, 3.63) is 63.5 Å². The van der Waals surface area contributed by atoms with Crippen LogP contribution in [0.1, 0.15) is 11.8 Å². The summed E-state index contributed by atoms with van der Waals surface area (Å²) in [5.74, 6) is -0.581. The van der Waals surface area contributed by atoms with E-state index in [0.717, 1.165) is 44.5 Å². The van der Waals surface area contributed by atoms with Gasteiger partial charge in [-0.2, -0.15) is 5.26 Å². The fourth-order valence-electron chi connectivity index (χ4n) is 3.51. The number of morpholine rings is 1. The SMILES string of the molecule is C=C(/C=c1/ccc(-c2ccc(/C(C)=C(\C#N)C(=O)NCC(O)CO)s2)cc1=C)N1CCOCC1. The minimum absolute atomic E-state index is 0.0250. The second kappa shape index (κ2) is 11.8. The third-order valence-electron chi connectivity index (χ3n) is 5.57. The molecule has 1 aromatic carbocycles. The molecule has 1 fully saturated rings. The van der Waals surface area contributed by atoms with E-state index >= 15 is 0 Å². The number of ether oxygens (including phenoxy) is 1. The van der Waals surface area contributed by atoms with Gasteiger partial charge in [0, 0.05) is 35.1 Å². The predicted molar refractivity (Wildman–Crippen MR) is 135 cm³/mol. The Morgan fingerprint density at radius 2 is 2.09 bits per heavy atom. The second-order valence-electron chi connectivity index (χ2n) is 7.97. The molecule has 1 aliphatic heterocycles. The second-order valence-corrected chi connectivity index (χ2v) is 9.05. The normalized spacial score (nSPS) is 15.9. The molecule has 1 saturated heterocycles. The molecule has 1 amide bonds. The molecule has 7 nitrogen and oxygen atoms in total. The first-order valence-corrected chi connectivity index (χ1v) is 11.8. The summed E-state index contributed by atoms with van der Waals surface area (Å²) in [4.78, 5) is 16.4. The number of aliphatic hydroxyl groups excluding tert-OH is 2. The number of amides is 1. The van der Waals surface area contributed by atoms with Gasteiger partial charge in [0.05, 0.1) is 25.9 Å². The van der Waals surface area contributed by atoms with Gasteiger partial charge >= 0.3 is 0 Å². The van der Waals surface area contributed by atoms with Gasteiger partial charge in [0.25, 0.3) is 5.91 Å². The Balaban J connectivity index is 1.80. The number of nitriles is 1. The summed E-state index contributed by atoms with van der Waals surface area (Å²) in [6.45, 7) is 12.6. The highest BCUT2D eigenvalue weighted by Gasteiger charge is 2.16. The van der Waals surface area contributed by atoms with Crippen LogP contribution in [0.2, 0.25) is 0 Å². The van der Waals surface area contributed by atoms with E-state index in [1.165, 1.54) is 11.3 Å². The number of allylic oxidation sites excluding steroid dienone is 2. The van der Waals surface area contributed by atoms with Crippen molar-refractivity contribution < 1.29 is 19.7 Å². The summed E-state index contributed by atoms with van der Waals surface area (Å²) in [6.07, 6.45) is 0.969. The van der Waals surface area contributed by atoms with Gasteiger partial charge in [-0.15, -0.1) is 11.3 Å². The van der Waals surface area contributed by atoms with Gasteiger partial charge in [0.2, 0.25) is 0 Å². The number of nitrogens with one attached hydrogen (secondary N) is 1. The van der Waals surface area contributed by atoms with Crippen LogP contribution in [0.4, 0.5) is 0 Å². The fraction of sp³-hybridized carbons (Fsp3) is 0.308. The first-order valence-electron chi connectivity index (χ1n) is 10.9. The van der Waals surface area contributed by atoms with Crippen LogP contribution in [0.25, 0.3) is 28.7 Å². The van der Waals surface area contributed by atoms with Crippen molar-refractivity contribution in [3.63, 3.8) is 0 Å². The van der Waals surface area contributed by atoms with Crippen molar-refractivity contribution in [1.82, 2.24) is 10.2 Å². The first kappa shape index (κ1) is 25.4. The monoisotopic (exact) mass is 479 g/mol. The largest absolute Gasteiger partial charge is 0.394 e. The van der Waals surface area contributed by atoms with Gasteiger partial charge in [-0.3, -0.25) is 4.79 Å². The number of carbonyl (C=O) groups excluding carboxylic acids is 1. The molecular weight excluding hydrogens is 450 g/mol. The molecule has 1 aliphatic rings. The third kappa shape index (κ3) is 6.22. The van der Waals surface area contributed by atoms with Crippen molar-refractivity contribution >= 4 is 35.5 Å². The molecule has 8 heteroatoms. The number of benzene rings is 1. The molecule has 0 bridgehead atoms. The highest BCUT2D eigenvalue weighted by Crippen LogP contribution is 2.32. The molecule has 0 aliphatic carbocycles. The van der Waals surface area contributed by atoms with Crippen molar-refractivity contribution in [1.29, 1.82) is 5.26 Å². The maximum absolute atomic E-state index is 12.4. The van der Waals surface area contributed by atoms with E-state index in [9.17, 15) is 15.2 Å². The minimum atomic E-state index is -1.07. The molecular formula is C26H29N3O4S. The van der Waals surface area contributed by atoms with Gasteiger partial charge in [0.15, 0.2) is 0 Å². The summed E-state index contributed by atoms with van der Waals surface area (Å²) in [7, 11) is 0. The zero-order valence-corrected chi connectivity index (χ0v) is 20.0. The number of aliphatic hydroxyl groups is 2. The number of thiophene rings is 1. The van der Waals surface area contributed by atoms with Crippen LogP contribution in [-0.4, -0.2) is 66.6 Å². The molecule has 0 radical (unpaired) electrons. The number of carbonyl (C=O) groups is 1. The van der Waals surface area contributed by atoms with Crippen molar-refractivity contribution in [2.75, 3.05) is 39.5 Å². The summed E-state index contributed by atoms with van der Waals surface area (Å²) >= 11 is 1.48. The molecule has 0 saturated carbocycles.